The van der Waals surface area contributed by atoms with E-state index in [0.717, 1.165) is 57.1 Å². The van der Waals surface area contributed by atoms with Crippen LogP contribution in [0.3, 0.4) is 0 Å². The zero-order valence-corrected chi connectivity index (χ0v) is 15.3. The van der Waals surface area contributed by atoms with Crippen LogP contribution in [0.25, 0.3) is 0 Å². The fourth-order valence-corrected chi connectivity index (χ4v) is 3.92. The van der Waals surface area contributed by atoms with Crippen molar-refractivity contribution in [3.63, 3.8) is 0 Å². The number of piperidine rings is 1. The van der Waals surface area contributed by atoms with Gasteiger partial charge in [0.2, 0.25) is 11.8 Å². The van der Waals surface area contributed by atoms with Crippen LogP contribution in [0, 0.1) is 12.8 Å². The molecule has 0 bridgehead atoms. The lowest BCUT2D eigenvalue weighted by molar-refractivity contribution is -0.122. The van der Waals surface area contributed by atoms with Gasteiger partial charge in [0.15, 0.2) is 0 Å². The summed E-state index contributed by atoms with van der Waals surface area (Å²) in [5.41, 5.74) is 2.47. The van der Waals surface area contributed by atoms with Gasteiger partial charge in [-0.3, -0.25) is 14.5 Å². The fraction of sp³-hybridized carbons (Fsp3) is 0.600. The van der Waals surface area contributed by atoms with Gasteiger partial charge in [0.1, 0.15) is 0 Å². The van der Waals surface area contributed by atoms with E-state index in [2.05, 4.69) is 15.5 Å². The Morgan fingerprint density at radius 1 is 0.960 bits per heavy atom. The van der Waals surface area contributed by atoms with Gasteiger partial charge in [-0.25, -0.2) is 0 Å². The lowest BCUT2D eigenvalue weighted by Crippen LogP contribution is -2.44. The summed E-state index contributed by atoms with van der Waals surface area (Å²) in [5.74, 6) is 0.199. The highest BCUT2D eigenvalue weighted by atomic mass is 16.2. The van der Waals surface area contributed by atoms with E-state index >= 15 is 0 Å². The first-order valence-electron chi connectivity index (χ1n) is 9.47. The molecule has 2 amide bonds. The second kappa shape index (κ2) is 8.00. The molecule has 1 saturated heterocycles. The molecule has 1 saturated carbocycles. The third-order valence-corrected chi connectivity index (χ3v) is 5.49. The number of likely N-dealkylation sites (N-methyl/N-ethyl adjacent to an activating group) is 1. The molecule has 3 rings (SSSR count). The summed E-state index contributed by atoms with van der Waals surface area (Å²) in [4.78, 5) is 27.3. The number of amides is 2. The molecule has 1 aromatic carbocycles. The second-order valence-corrected chi connectivity index (χ2v) is 7.50. The number of anilines is 2. The zero-order valence-electron chi connectivity index (χ0n) is 15.3. The molecule has 0 spiro atoms. The SMILES string of the molecule is Cc1ccc(NC(=O)C2CCCC2)c(NC(=O)C2CCCCN2C)c1. The van der Waals surface area contributed by atoms with Crippen LogP contribution in [0.2, 0.25) is 0 Å². The van der Waals surface area contributed by atoms with Crippen LogP contribution in [0.5, 0.6) is 0 Å². The van der Waals surface area contributed by atoms with Crippen molar-refractivity contribution in [2.24, 2.45) is 5.92 Å². The Hall–Kier alpha value is -1.88. The number of hydrogen-bond acceptors (Lipinski definition) is 3. The Balaban J connectivity index is 1.72. The van der Waals surface area contributed by atoms with E-state index in [9.17, 15) is 9.59 Å². The normalized spacial score (nSPS) is 21.9. The average Bonchev–Trinajstić information content (AvgIpc) is 3.12. The van der Waals surface area contributed by atoms with E-state index in [4.69, 9.17) is 0 Å². The van der Waals surface area contributed by atoms with Gasteiger partial charge in [0, 0.05) is 5.92 Å². The number of nitrogens with one attached hydrogen (secondary N) is 2. The quantitative estimate of drug-likeness (QED) is 0.879. The predicted octanol–water partition coefficient (Wildman–Crippen LogP) is 3.55. The highest BCUT2D eigenvalue weighted by molar-refractivity contribution is 6.02. The van der Waals surface area contributed by atoms with Crippen molar-refractivity contribution in [2.75, 3.05) is 24.2 Å². The number of likely N-dealkylation sites (tertiary alicyclic amines) is 1. The van der Waals surface area contributed by atoms with Gasteiger partial charge < -0.3 is 10.6 Å². The van der Waals surface area contributed by atoms with Crippen molar-refractivity contribution in [1.29, 1.82) is 0 Å². The number of rotatable bonds is 4. The molecule has 0 aromatic heterocycles. The van der Waals surface area contributed by atoms with Crippen LogP contribution in [-0.2, 0) is 9.59 Å². The number of carbonyl (C=O) groups excluding carboxylic acids is 2. The lowest BCUT2D eigenvalue weighted by atomic mass is 10.0. The molecular weight excluding hydrogens is 314 g/mol. The van der Waals surface area contributed by atoms with E-state index in [1.807, 2.05) is 32.2 Å². The summed E-state index contributed by atoms with van der Waals surface area (Å²) >= 11 is 0. The smallest absolute Gasteiger partial charge is 0.241 e. The maximum atomic E-state index is 12.7. The molecule has 1 aliphatic heterocycles. The van der Waals surface area contributed by atoms with Crippen LogP contribution in [0.15, 0.2) is 18.2 Å². The number of hydrogen-bond donors (Lipinski definition) is 2. The van der Waals surface area contributed by atoms with Crippen LogP contribution in [-0.4, -0.2) is 36.3 Å². The van der Waals surface area contributed by atoms with Gasteiger partial charge in [-0.1, -0.05) is 25.3 Å². The van der Waals surface area contributed by atoms with E-state index in [0.29, 0.717) is 11.4 Å². The Bertz CT molecular complexity index is 638. The van der Waals surface area contributed by atoms with Crippen LogP contribution in [0.4, 0.5) is 11.4 Å². The predicted molar refractivity (Wildman–Crippen MR) is 101 cm³/mol. The topological polar surface area (TPSA) is 61.4 Å². The molecule has 1 atom stereocenters. The van der Waals surface area contributed by atoms with Crippen molar-refractivity contribution >= 4 is 23.2 Å². The Morgan fingerprint density at radius 3 is 2.36 bits per heavy atom. The van der Waals surface area contributed by atoms with Gasteiger partial charge in [-0.2, -0.15) is 0 Å². The van der Waals surface area contributed by atoms with Crippen LogP contribution < -0.4 is 10.6 Å². The van der Waals surface area contributed by atoms with E-state index in [1.54, 1.807) is 0 Å². The summed E-state index contributed by atoms with van der Waals surface area (Å²) in [6, 6.07) is 5.70. The van der Waals surface area contributed by atoms with Crippen LogP contribution in [0.1, 0.15) is 50.5 Å². The molecule has 2 aliphatic rings. The van der Waals surface area contributed by atoms with Crippen molar-refractivity contribution in [3.8, 4) is 0 Å². The Kier molecular flexibility index (Phi) is 5.74. The molecule has 1 aromatic rings. The third-order valence-electron chi connectivity index (χ3n) is 5.49. The molecular formula is C20H29N3O2. The highest BCUT2D eigenvalue weighted by Gasteiger charge is 2.27. The number of nitrogens with zero attached hydrogens (tertiary/aromatic N) is 1. The second-order valence-electron chi connectivity index (χ2n) is 7.50. The number of carbonyl (C=O) groups is 2. The highest BCUT2D eigenvalue weighted by Crippen LogP contribution is 2.29. The van der Waals surface area contributed by atoms with Gasteiger partial charge in [-0.05, 0) is 63.9 Å². The van der Waals surface area contributed by atoms with Gasteiger partial charge in [0.05, 0.1) is 17.4 Å². The lowest BCUT2D eigenvalue weighted by Gasteiger charge is -2.31. The Morgan fingerprint density at radius 2 is 1.64 bits per heavy atom. The van der Waals surface area contributed by atoms with Crippen molar-refractivity contribution in [3.05, 3.63) is 23.8 Å². The maximum absolute atomic E-state index is 12.7. The summed E-state index contributed by atoms with van der Waals surface area (Å²) in [7, 11) is 2.00. The van der Waals surface area contributed by atoms with Crippen LogP contribution >= 0.6 is 0 Å². The maximum Gasteiger partial charge on any atom is 0.241 e. The standard InChI is InChI=1S/C20H29N3O2/c1-14-10-11-16(21-19(24)15-7-3-4-8-15)17(13-14)22-20(25)18-9-5-6-12-23(18)2/h10-11,13,15,18H,3-9,12H2,1-2H3,(H,21,24)(H,22,25). The van der Waals surface area contributed by atoms with Gasteiger partial charge in [0.25, 0.3) is 0 Å². The van der Waals surface area contributed by atoms with Crippen molar-refractivity contribution < 1.29 is 9.59 Å². The largest absolute Gasteiger partial charge is 0.324 e. The Labute approximate surface area is 150 Å². The van der Waals surface area contributed by atoms with Crippen molar-refractivity contribution in [1.82, 2.24) is 4.90 Å². The van der Waals surface area contributed by atoms with E-state index in [1.165, 1.54) is 0 Å². The fourth-order valence-electron chi connectivity index (χ4n) is 3.92. The molecule has 2 fully saturated rings. The first-order chi connectivity index (χ1) is 12.0. The molecule has 5 heteroatoms. The molecule has 0 radical (unpaired) electrons. The van der Waals surface area contributed by atoms with Crippen molar-refractivity contribution in [2.45, 2.75) is 57.9 Å². The van der Waals surface area contributed by atoms with E-state index < -0.39 is 0 Å². The molecule has 25 heavy (non-hydrogen) atoms. The molecule has 1 heterocycles. The molecule has 1 aliphatic carbocycles. The van der Waals surface area contributed by atoms with E-state index in [-0.39, 0.29) is 23.8 Å². The average molecular weight is 343 g/mol. The number of benzene rings is 1. The van der Waals surface area contributed by atoms with Gasteiger partial charge >= 0.3 is 0 Å². The molecule has 5 nitrogen and oxygen atoms in total. The minimum absolute atomic E-state index is 0.0177. The minimum Gasteiger partial charge on any atom is -0.324 e. The minimum atomic E-state index is -0.0901. The molecule has 136 valence electrons. The number of aryl methyl sites for hydroxylation is 1. The summed E-state index contributed by atoms with van der Waals surface area (Å²) in [6.07, 6.45) is 7.30. The first-order valence-corrected chi connectivity index (χ1v) is 9.47. The summed E-state index contributed by atoms with van der Waals surface area (Å²) in [5, 5.41) is 6.08. The summed E-state index contributed by atoms with van der Waals surface area (Å²) in [6.45, 7) is 2.95. The van der Waals surface area contributed by atoms with Gasteiger partial charge in [-0.15, -0.1) is 0 Å². The third kappa shape index (κ3) is 4.40. The zero-order chi connectivity index (χ0) is 17.8. The monoisotopic (exact) mass is 343 g/mol. The molecule has 2 N–H and O–H groups in total. The molecule has 1 unspecified atom stereocenters. The first kappa shape index (κ1) is 17.9. The summed E-state index contributed by atoms with van der Waals surface area (Å²) < 4.78 is 0.